The van der Waals surface area contributed by atoms with Gasteiger partial charge in [-0.1, -0.05) is 18.2 Å². The van der Waals surface area contributed by atoms with Gasteiger partial charge in [-0.2, -0.15) is 0 Å². The summed E-state index contributed by atoms with van der Waals surface area (Å²) in [5, 5.41) is 10.0. The van der Waals surface area contributed by atoms with Crippen molar-refractivity contribution < 1.29 is 19.4 Å². The van der Waals surface area contributed by atoms with Crippen LogP contribution in [0.3, 0.4) is 0 Å². The lowest BCUT2D eigenvalue weighted by atomic mass is 9.98. The van der Waals surface area contributed by atoms with Crippen LogP contribution in [-0.2, 0) is 15.3 Å². The fourth-order valence-corrected chi connectivity index (χ4v) is 3.81. The highest BCUT2D eigenvalue weighted by atomic mass is 32.2. The first-order valence-corrected chi connectivity index (χ1v) is 6.49. The summed E-state index contributed by atoms with van der Waals surface area (Å²) in [5.41, 5.74) is -0.643. The van der Waals surface area contributed by atoms with Gasteiger partial charge in [0.2, 0.25) is 0 Å². The van der Waals surface area contributed by atoms with Gasteiger partial charge in [0, 0.05) is 11.1 Å². The van der Waals surface area contributed by atoms with Crippen LogP contribution >= 0.6 is 11.8 Å². The van der Waals surface area contributed by atoms with Gasteiger partial charge in [-0.3, -0.25) is 14.5 Å². The predicted molar refractivity (Wildman–Crippen MR) is 64.8 cm³/mol. The van der Waals surface area contributed by atoms with Gasteiger partial charge >= 0.3 is 5.97 Å². The minimum atomic E-state index is -1.58. The Kier molecular flexibility index (Phi) is 2.39. The number of carbonyl (C=O) groups excluding carboxylic acids is 2. The van der Waals surface area contributed by atoms with E-state index in [0.717, 1.165) is 0 Å². The highest BCUT2D eigenvalue weighted by Gasteiger charge is 2.60. The lowest BCUT2D eigenvalue weighted by molar-refractivity contribution is -0.150. The monoisotopic (exact) mass is 265 g/mol. The minimum Gasteiger partial charge on any atom is -0.468 e. The molecule has 0 unspecified atom stereocenters. The van der Waals surface area contributed by atoms with Gasteiger partial charge in [0.1, 0.15) is 0 Å². The van der Waals surface area contributed by atoms with E-state index in [1.165, 1.54) is 23.8 Å². The molecule has 2 heterocycles. The van der Waals surface area contributed by atoms with E-state index < -0.39 is 16.9 Å². The number of benzene rings is 1. The van der Waals surface area contributed by atoms with E-state index in [1.54, 1.807) is 24.3 Å². The number of nitrogens with zero attached hydrogens (tertiary/aromatic N) is 1. The Morgan fingerprint density at radius 2 is 2.28 bits per heavy atom. The fourth-order valence-electron chi connectivity index (χ4n) is 2.48. The van der Waals surface area contributed by atoms with Crippen LogP contribution < -0.4 is 0 Å². The average Bonchev–Trinajstić information content (AvgIpc) is 2.84. The highest BCUT2D eigenvalue weighted by Crippen LogP contribution is 2.49. The Labute approximate surface area is 108 Å². The van der Waals surface area contributed by atoms with Crippen LogP contribution in [0.1, 0.15) is 15.9 Å². The molecule has 0 bridgehead atoms. The van der Waals surface area contributed by atoms with E-state index >= 15 is 0 Å². The molecule has 1 N–H and O–H groups in total. The number of hydrogen-bond donors (Lipinski definition) is 1. The zero-order valence-electron chi connectivity index (χ0n) is 9.62. The third kappa shape index (κ3) is 1.22. The van der Waals surface area contributed by atoms with Crippen molar-refractivity contribution in [2.24, 2.45) is 0 Å². The van der Waals surface area contributed by atoms with Crippen molar-refractivity contribution in [2.75, 3.05) is 13.0 Å². The molecule has 5 nitrogen and oxygen atoms in total. The summed E-state index contributed by atoms with van der Waals surface area (Å²) >= 11 is 1.21. The molecule has 6 heteroatoms. The highest BCUT2D eigenvalue weighted by molar-refractivity contribution is 8.00. The topological polar surface area (TPSA) is 66.8 Å². The molecular formula is C12H11NO4S. The van der Waals surface area contributed by atoms with Crippen LogP contribution in [0, 0.1) is 0 Å². The van der Waals surface area contributed by atoms with Crippen LogP contribution in [0.25, 0.3) is 0 Å². The molecule has 0 spiro atoms. The van der Waals surface area contributed by atoms with Crippen molar-refractivity contribution >= 4 is 23.6 Å². The van der Waals surface area contributed by atoms with E-state index in [4.69, 9.17) is 4.74 Å². The quantitative estimate of drug-likeness (QED) is 0.750. The summed E-state index contributed by atoms with van der Waals surface area (Å²) in [5.74, 6) is -0.481. The summed E-state index contributed by atoms with van der Waals surface area (Å²) in [7, 11) is 1.28. The first-order chi connectivity index (χ1) is 8.60. The van der Waals surface area contributed by atoms with Crippen LogP contribution in [0.4, 0.5) is 0 Å². The fraction of sp³-hybridized carbons (Fsp3) is 0.333. The zero-order valence-corrected chi connectivity index (χ0v) is 10.4. The Morgan fingerprint density at radius 1 is 1.56 bits per heavy atom. The first kappa shape index (κ1) is 11.6. The lowest BCUT2D eigenvalue weighted by Gasteiger charge is -2.29. The van der Waals surface area contributed by atoms with Crippen molar-refractivity contribution in [3.05, 3.63) is 35.4 Å². The van der Waals surface area contributed by atoms with Gasteiger partial charge in [0.15, 0.2) is 11.0 Å². The Balaban J connectivity index is 2.16. The summed E-state index contributed by atoms with van der Waals surface area (Å²) < 4.78 is 4.70. The third-order valence-electron chi connectivity index (χ3n) is 3.36. The number of ether oxygens (including phenoxy) is 1. The summed E-state index contributed by atoms with van der Waals surface area (Å²) in [6.45, 7) is 0. The summed E-state index contributed by atoms with van der Waals surface area (Å²) in [4.78, 5) is 25.2. The van der Waals surface area contributed by atoms with Crippen LogP contribution in [0.5, 0.6) is 0 Å². The predicted octanol–water partition coefficient (Wildman–Crippen LogP) is 0.533. The molecule has 0 aromatic heterocycles. The molecule has 94 valence electrons. The van der Waals surface area contributed by atoms with Gasteiger partial charge in [0.25, 0.3) is 5.91 Å². The third-order valence-corrected chi connectivity index (χ3v) is 4.62. The number of aliphatic hydroxyl groups is 1. The molecule has 1 aromatic rings. The van der Waals surface area contributed by atoms with Gasteiger partial charge < -0.3 is 9.84 Å². The number of carbonyl (C=O) groups is 2. The van der Waals surface area contributed by atoms with E-state index in [-0.39, 0.29) is 11.8 Å². The molecule has 1 saturated heterocycles. The van der Waals surface area contributed by atoms with Crippen molar-refractivity contribution in [3.8, 4) is 0 Å². The average molecular weight is 265 g/mol. The number of esters is 1. The smallest absolute Gasteiger partial charge is 0.324 e. The van der Waals surface area contributed by atoms with Gasteiger partial charge in [-0.25, -0.2) is 0 Å². The van der Waals surface area contributed by atoms with Crippen LogP contribution in [0.15, 0.2) is 24.3 Å². The first-order valence-electron chi connectivity index (χ1n) is 5.44. The summed E-state index contributed by atoms with van der Waals surface area (Å²) in [6, 6.07) is 6.81. The van der Waals surface area contributed by atoms with Crippen molar-refractivity contribution in [3.63, 3.8) is 0 Å². The Morgan fingerprint density at radius 3 is 3.00 bits per heavy atom. The molecule has 2 aliphatic heterocycles. The molecule has 2 atom stereocenters. The SMILES string of the molecule is COC(=O)[C@@H]1SCN2C(=O)c3ccccc3[C@]12O. The Hall–Kier alpha value is -1.53. The van der Waals surface area contributed by atoms with E-state index in [0.29, 0.717) is 11.1 Å². The molecule has 2 aliphatic rings. The number of amides is 1. The van der Waals surface area contributed by atoms with Crippen molar-refractivity contribution in [1.29, 1.82) is 0 Å². The molecule has 1 fully saturated rings. The maximum absolute atomic E-state index is 12.1. The molecule has 0 radical (unpaired) electrons. The molecule has 0 aliphatic carbocycles. The lowest BCUT2D eigenvalue weighted by Crippen LogP contribution is -2.47. The van der Waals surface area contributed by atoms with Gasteiger partial charge in [-0.15, -0.1) is 11.8 Å². The second-order valence-electron chi connectivity index (χ2n) is 4.20. The maximum Gasteiger partial charge on any atom is 0.324 e. The molecular weight excluding hydrogens is 254 g/mol. The zero-order chi connectivity index (χ0) is 12.9. The van der Waals surface area contributed by atoms with Crippen LogP contribution in [0.2, 0.25) is 0 Å². The summed E-state index contributed by atoms with van der Waals surface area (Å²) in [6.07, 6.45) is 0. The maximum atomic E-state index is 12.1. The second kappa shape index (κ2) is 3.73. The normalized spacial score (nSPS) is 29.1. The molecule has 18 heavy (non-hydrogen) atoms. The minimum absolute atomic E-state index is 0.244. The van der Waals surface area contributed by atoms with Crippen molar-refractivity contribution in [2.45, 2.75) is 11.0 Å². The van der Waals surface area contributed by atoms with Crippen LogP contribution in [-0.4, -0.2) is 40.1 Å². The molecule has 3 rings (SSSR count). The van der Waals surface area contributed by atoms with E-state index in [9.17, 15) is 14.7 Å². The number of thioether (sulfide) groups is 1. The van der Waals surface area contributed by atoms with E-state index in [2.05, 4.69) is 0 Å². The number of fused-ring (bicyclic) bond motifs is 3. The van der Waals surface area contributed by atoms with Crippen molar-refractivity contribution in [1.82, 2.24) is 4.90 Å². The Bertz CT molecular complexity index is 547. The number of methoxy groups -OCH3 is 1. The number of hydrogen-bond acceptors (Lipinski definition) is 5. The molecule has 1 amide bonds. The largest absolute Gasteiger partial charge is 0.468 e. The van der Waals surface area contributed by atoms with E-state index in [1.807, 2.05) is 0 Å². The van der Waals surface area contributed by atoms with Gasteiger partial charge in [0.05, 0.1) is 13.0 Å². The molecule has 0 saturated carbocycles. The second-order valence-corrected chi connectivity index (χ2v) is 5.27. The standard InChI is InChI=1S/C12H11NO4S/c1-17-11(15)9-12(16)8-5-3-2-4-7(8)10(14)13(12)6-18-9/h2-5,9,16H,6H2,1H3/t9-,12-/m0/s1. The number of rotatable bonds is 1. The molecule has 1 aromatic carbocycles. The van der Waals surface area contributed by atoms with Gasteiger partial charge in [-0.05, 0) is 6.07 Å².